The first-order chi connectivity index (χ1) is 9.24. The van der Waals surface area contributed by atoms with Crippen LogP contribution in [0, 0.1) is 0 Å². The number of fused-ring (bicyclic) bond motifs is 1. The van der Waals surface area contributed by atoms with Crippen LogP contribution in [0.15, 0.2) is 24.5 Å². The van der Waals surface area contributed by atoms with E-state index in [1.165, 1.54) is 0 Å². The number of carbonyl (C=O) groups is 1. The van der Waals surface area contributed by atoms with Crippen LogP contribution in [0.5, 0.6) is 0 Å². The summed E-state index contributed by atoms with van der Waals surface area (Å²) >= 11 is 0. The predicted octanol–water partition coefficient (Wildman–Crippen LogP) is 2.30. The standard InChI is InChI=1S/C14H16N2O3/c17-14(18)10-3-4-13-12(8-10)15-9-16(13)6-5-11-2-1-7-19-11/h3-4,8-9,11H,1-2,5-7H2,(H,17,18). The number of hydrogen-bond acceptors (Lipinski definition) is 3. The van der Waals surface area contributed by atoms with Crippen molar-refractivity contribution in [1.82, 2.24) is 9.55 Å². The Hall–Kier alpha value is -1.88. The number of aryl methyl sites for hydroxylation is 1. The molecule has 1 unspecified atom stereocenters. The molecule has 2 heterocycles. The second-order valence-electron chi connectivity index (χ2n) is 4.87. The molecule has 1 atom stereocenters. The summed E-state index contributed by atoms with van der Waals surface area (Å²) in [6.45, 7) is 1.73. The van der Waals surface area contributed by atoms with E-state index >= 15 is 0 Å². The smallest absolute Gasteiger partial charge is 0.335 e. The number of aromatic carboxylic acids is 1. The summed E-state index contributed by atoms with van der Waals surface area (Å²) < 4.78 is 7.66. The fourth-order valence-corrected chi connectivity index (χ4v) is 2.53. The number of benzene rings is 1. The molecule has 1 aromatic carbocycles. The van der Waals surface area contributed by atoms with E-state index in [-0.39, 0.29) is 5.56 Å². The van der Waals surface area contributed by atoms with Gasteiger partial charge in [-0.2, -0.15) is 0 Å². The predicted molar refractivity (Wildman–Crippen MR) is 70.3 cm³/mol. The van der Waals surface area contributed by atoms with E-state index in [0.29, 0.717) is 6.10 Å². The van der Waals surface area contributed by atoms with Gasteiger partial charge in [-0.1, -0.05) is 0 Å². The molecule has 1 N–H and O–H groups in total. The monoisotopic (exact) mass is 260 g/mol. The summed E-state index contributed by atoms with van der Waals surface area (Å²) in [7, 11) is 0. The van der Waals surface area contributed by atoms with Gasteiger partial charge in [0.15, 0.2) is 0 Å². The van der Waals surface area contributed by atoms with Gasteiger partial charge in [0.1, 0.15) is 0 Å². The lowest BCUT2D eigenvalue weighted by Crippen LogP contribution is -2.09. The zero-order chi connectivity index (χ0) is 13.2. The van der Waals surface area contributed by atoms with Gasteiger partial charge in [-0.3, -0.25) is 0 Å². The van der Waals surface area contributed by atoms with Crippen LogP contribution in [-0.2, 0) is 11.3 Å². The first-order valence-corrected chi connectivity index (χ1v) is 6.54. The summed E-state index contributed by atoms with van der Waals surface area (Å²) in [5.74, 6) is -0.921. The van der Waals surface area contributed by atoms with Crippen molar-refractivity contribution in [1.29, 1.82) is 0 Å². The number of carboxylic acids is 1. The van der Waals surface area contributed by atoms with Crippen molar-refractivity contribution < 1.29 is 14.6 Å². The van der Waals surface area contributed by atoms with Crippen molar-refractivity contribution in [2.45, 2.75) is 31.9 Å². The van der Waals surface area contributed by atoms with Gasteiger partial charge in [-0.15, -0.1) is 0 Å². The highest BCUT2D eigenvalue weighted by molar-refractivity contribution is 5.92. The number of ether oxygens (including phenoxy) is 1. The zero-order valence-electron chi connectivity index (χ0n) is 10.6. The van der Waals surface area contributed by atoms with Gasteiger partial charge in [0.2, 0.25) is 0 Å². The molecule has 1 saturated heterocycles. The SMILES string of the molecule is O=C(O)c1ccc2c(c1)ncn2CCC1CCCO1. The first-order valence-electron chi connectivity index (χ1n) is 6.54. The van der Waals surface area contributed by atoms with Crippen molar-refractivity contribution in [3.05, 3.63) is 30.1 Å². The molecule has 5 nitrogen and oxygen atoms in total. The molecule has 1 aliphatic heterocycles. The fourth-order valence-electron chi connectivity index (χ4n) is 2.53. The third-order valence-electron chi connectivity index (χ3n) is 3.58. The maximum atomic E-state index is 10.9. The van der Waals surface area contributed by atoms with Gasteiger partial charge < -0.3 is 14.4 Å². The second-order valence-corrected chi connectivity index (χ2v) is 4.87. The number of carboxylic acid groups (broad SMARTS) is 1. The Kier molecular flexibility index (Phi) is 3.21. The minimum atomic E-state index is -0.921. The number of rotatable bonds is 4. The second kappa shape index (κ2) is 5.01. The lowest BCUT2D eigenvalue weighted by atomic mass is 10.2. The van der Waals surface area contributed by atoms with E-state index in [9.17, 15) is 4.79 Å². The molecule has 3 rings (SSSR count). The van der Waals surface area contributed by atoms with Gasteiger partial charge in [-0.05, 0) is 37.5 Å². The lowest BCUT2D eigenvalue weighted by Gasteiger charge is -2.10. The van der Waals surface area contributed by atoms with Gasteiger partial charge in [-0.25, -0.2) is 9.78 Å². The Labute approximate surface area is 110 Å². The quantitative estimate of drug-likeness (QED) is 0.916. The summed E-state index contributed by atoms with van der Waals surface area (Å²) in [4.78, 5) is 15.2. The maximum Gasteiger partial charge on any atom is 0.335 e. The third-order valence-corrected chi connectivity index (χ3v) is 3.58. The molecule has 0 bridgehead atoms. The van der Waals surface area contributed by atoms with Crippen LogP contribution >= 0.6 is 0 Å². The van der Waals surface area contributed by atoms with Crippen molar-refractivity contribution in [2.24, 2.45) is 0 Å². The number of nitrogens with zero attached hydrogens (tertiary/aromatic N) is 2. The van der Waals surface area contributed by atoms with E-state index in [1.807, 2.05) is 6.07 Å². The lowest BCUT2D eigenvalue weighted by molar-refractivity contribution is 0.0697. The van der Waals surface area contributed by atoms with Crippen LogP contribution in [0.3, 0.4) is 0 Å². The Bertz CT molecular complexity index is 600. The van der Waals surface area contributed by atoms with E-state index < -0.39 is 5.97 Å². The van der Waals surface area contributed by atoms with Crippen LogP contribution in [0.25, 0.3) is 11.0 Å². The summed E-state index contributed by atoms with van der Waals surface area (Å²) in [5, 5.41) is 8.95. The molecule has 1 fully saturated rings. The van der Waals surface area contributed by atoms with Crippen molar-refractivity contribution in [3.63, 3.8) is 0 Å². The largest absolute Gasteiger partial charge is 0.478 e. The summed E-state index contributed by atoms with van der Waals surface area (Å²) in [6.07, 6.45) is 5.39. The molecule has 2 aromatic rings. The van der Waals surface area contributed by atoms with E-state index in [0.717, 1.165) is 43.4 Å². The molecule has 5 heteroatoms. The Morgan fingerprint density at radius 1 is 1.53 bits per heavy atom. The summed E-state index contributed by atoms with van der Waals surface area (Å²) in [5.41, 5.74) is 1.98. The molecule has 1 aromatic heterocycles. The van der Waals surface area contributed by atoms with Crippen molar-refractivity contribution in [2.75, 3.05) is 6.61 Å². The zero-order valence-corrected chi connectivity index (χ0v) is 10.6. The summed E-state index contributed by atoms with van der Waals surface area (Å²) in [6, 6.07) is 5.05. The molecule has 100 valence electrons. The van der Waals surface area contributed by atoms with Gasteiger partial charge in [0, 0.05) is 13.2 Å². The average molecular weight is 260 g/mol. The molecular formula is C14H16N2O3. The number of aromatic nitrogens is 2. The maximum absolute atomic E-state index is 10.9. The molecule has 0 radical (unpaired) electrons. The highest BCUT2D eigenvalue weighted by atomic mass is 16.5. The van der Waals surface area contributed by atoms with Crippen LogP contribution < -0.4 is 0 Å². The molecule has 0 spiro atoms. The topological polar surface area (TPSA) is 64.3 Å². The van der Waals surface area contributed by atoms with Crippen LogP contribution in [0.1, 0.15) is 29.6 Å². The minimum absolute atomic E-state index is 0.275. The molecule has 0 aliphatic carbocycles. The Morgan fingerprint density at radius 2 is 2.42 bits per heavy atom. The van der Waals surface area contributed by atoms with Crippen LogP contribution in [-0.4, -0.2) is 33.3 Å². The average Bonchev–Trinajstić information content (AvgIpc) is 3.05. The van der Waals surface area contributed by atoms with E-state index in [2.05, 4.69) is 9.55 Å². The molecule has 0 saturated carbocycles. The van der Waals surface area contributed by atoms with E-state index in [4.69, 9.17) is 9.84 Å². The van der Waals surface area contributed by atoms with Crippen LogP contribution in [0.2, 0.25) is 0 Å². The third kappa shape index (κ3) is 2.46. The van der Waals surface area contributed by atoms with Crippen molar-refractivity contribution >= 4 is 17.0 Å². The van der Waals surface area contributed by atoms with E-state index in [1.54, 1.807) is 18.5 Å². The van der Waals surface area contributed by atoms with Crippen LogP contribution in [0.4, 0.5) is 0 Å². The highest BCUT2D eigenvalue weighted by Crippen LogP contribution is 2.19. The first kappa shape index (κ1) is 12.2. The normalized spacial score (nSPS) is 19.1. The highest BCUT2D eigenvalue weighted by Gasteiger charge is 2.15. The minimum Gasteiger partial charge on any atom is -0.478 e. The number of hydrogen-bond donors (Lipinski definition) is 1. The van der Waals surface area contributed by atoms with Gasteiger partial charge in [0.25, 0.3) is 0 Å². The molecule has 0 amide bonds. The molecular weight excluding hydrogens is 244 g/mol. The Balaban J connectivity index is 1.78. The van der Waals surface area contributed by atoms with Gasteiger partial charge >= 0.3 is 5.97 Å². The molecule has 19 heavy (non-hydrogen) atoms. The van der Waals surface area contributed by atoms with Gasteiger partial charge in [0.05, 0.1) is 29.0 Å². The number of imidazole rings is 1. The fraction of sp³-hybridized carbons (Fsp3) is 0.429. The molecule has 1 aliphatic rings. The van der Waals surface area contributed by atoms with Crippen molar-refractivity contribution in [3.8, 4) is 0 Å². The Morgan fingerprint density at radius 3 is 3.16 bits per heavy atom.